The Kier molecular flexibility index (Phi) is 29.2. The lowest BCUT2D eigenvalue weighted by Gasteiger charge is -2.34. The Morgan fingerprint density at radius 2 is 1.37 bits per heavy atom. The Morgan fingerprint density at radius 3 is 2.03 bits per heavy atom. The van der Waals surface area contributed by atoms with Gasteiger partial charge in [0.25, 0.3) is 0 Å². The number of phenols is 1. The Balaban J connectivity index is 1.09. The zero-order valence-electron chi connectivity index (χ0n) is 62.8. The zero-order chi connectivity index (χ0) is 80.7. The summed E-state index contributed by atoms with van der Waals surface area (Å²) in [6.07, 6.45) is -1.10. The summed E-state index contributed by atoms with van der Waals surface area (Å²) in [6.45, 7) is 14.7. The zero-order valence-corrected chi connectivity index (χ0v) is 65.3. The second kappa shape index (κ2) is 37.4. The summed E-state index contributed by atoms with van der Waals surface area (Å²) < 4.78 is 22.5. The summed E-state index contributed by atoms with van der Waals surface area (Å²) in [5.41, 5.74) is 4.66. The standard InChI is InChI=1S/C74H99N14O19PS2/c1-39-62(93)79-51(27-22-43-20-25-49(26-21-43)107-108(103,104)105)63(94)87-74(10)42(4)106-41(3)58(85-71(74)102)67(98)82-54(60(75)92)38-110-37-46-15-11-14-45(32-46)36-109-31-28-56(91)83-59(72(5,6)7)68(99)81-53(33-44-18-23-48(90)24-19-44)69(100)88-30-13-17-55(88)65(96)84-57(40(2)89)66(97)80-52(64(95)86-73(8,9)70(101)78-39)34-47-35-77-61-50(47)16-12-29-76-61/h11-12,14-16,18-21,23-26,29,32,35,39-42,51-55,57-59,89-90H,13,17,22,27-28,30-31,33-34,36-38H2,1-10H3,(H2,75,92)(H,76,77)(H,78,101)(H,79,93)(H,80,97)(H,81,99)(H,82,98)(H,83,91)(H,84,96)(H,85,102)(H,86,95)(H,87,94)(H2,103,104,105)/t39-,40+,41-,42?,51-,52-,53-,54-,55-,57-,58-,59+,74-/m0/s1. The molecule has 17 N–H and O–H groups in total. The third kappa shape index (κ3) is 23.5. The number of nitrogens with one attached hydrogen (secondary N) is 11. The molecule has 4 bridgehead atoms. The molecule has 0 aliphatic carbocycles. The van der Waals surface area contributed by atoms with Crippen LogP contribution in [0.4, 0.5) is 0 Å². The van der Waals surface area contributed by atoms with E-state index < -0.39 is 168 Å². The molecule has 1 unspecified atom stereocenters. The molecule has 0 saturated carbocycles. The quantitative estimate of drug-likeness (QED) is 0.0824. The fourth-order valence-corrected chi connectivity index (χ4v) is 15.0. The smallest absolute Gasteiger partial charge is 0.508 e. The van der Waals surface area contributed by atoms with Crippen LogP contribution >= 0.6 is 31.3 Å². The molecular formula is C74H99N14O19PS2. The van der Waals surface area contributed by atoms with E-state index in [4.69, 9.17) is 10.5 Å². The highest BCUT2D eigenvalue weighted by atomic mass is 32.2. The van der Waals surface area contributed by atoms with Gasteiger partial charge in [-0.1, -0.05) is 69.3 Å². The molecule has 2 aromatic heterocycles. The molecule has 0 radical (unpaired) electrons. The lowest BCUT2D eigenvalue weighted by atomic mass is 9.85. The number of carbonyl (C=O) groups excluding carboxylic acids is 12. The van der Waals surface area contributed by atoms with Crippen molar-refractivity contribution in [2.45, 2.75) is 209 Å². The monoisotopic (exact) mass is 1580 g/mol. The average Bonchev–Trinajstić information content (AvgIpc) is 1.68. The number of aliphatic hydroxyl groups is 1. The number of aromatic hydroxyl groups is 1. The van der Waals surface area contributed by atoms with Gasteiger partial charge in [0, 0.05) is 66.6 Å². The minimum Gasteiger partial charge on any atom is -0.508 e. The van der Waals surface area contributed by atoms with E-state index in [0.717, 1.165) is 11.1 Å². The molecule has 5 aromatic rings. The van der Waals surface area contributed by atoms with Gasteiger partial charge >= 0.3 is 7.82 Å². The topological polar surface area (TPSA) is 500 Å². The maximum Gasteiger partial charge on any atom is 0.524 e. The lowest BCUT2D eigenvalue weighted by Crippen LogP contribution is -2.66. The summed E-state index contributed by atoms with van der Waals surface area (Å²) in [7, 11) is -4.94. The number of hydrogen-bond donors (Lipinski definition) is 16. The predicted octanol–water partition coefficient (Wildman–Crippen LogP) is 1.11. The third-order valence-corrected chi connectivity index (χ3v) is 21.8. The van der Waals surface area contributed by atoms with E-state index in [-0.39, 0.29) is 62.3 Å². The van der Waals surface area contributed by atoms with Gasteiger partial charge in [-0.3, -0.25) is 67.3 Å². The fourth-order valence-electron chi connectivity index (χ4n) is 12.7. The number of rotatable bonds is 11. The van der Waals surface area contributed by atoms with Gasteiger partial charge < -0.3 is 88.3 Å². The van der Waals surface area contributed by atoms with Gasteiger partial charge in [-0.05, 0) is 144 Å². The van der Waals surface area contributed by atoms with Crippen molar-refractivity contribution in [2.24, 2.45) is 11.1 Å². The minimum absolute atomic E-state index is 0.00231. The molecule has 2 fully saturated rings. The van der Waals surface area contributed by atoms with E-state index in [2.05, 4.69) is 67.7 Å². The van der Waals surface area contributed by atoms with Gasteiger partial charge in [-0.2, -0.15) is 23.5 Å². The highest BCUT2D eigenvalue weighted by Gasteiger charge is 2.50. The molecule has 5 heterocycles. The Hall–Kier alpha value is -9.64. The van der Waals surface area contributed by atoms with Crippen molar-refractivity contribution in [1.82, 2.24) is 68.0 Å². The van der Waals surface area contributed by atoms with Crippen molar-refractivity contribution in [3.8, 4) is 11.5 Å². The molecule has 596 valence electrons. The van der Waals surface area contributed by atoms with Crippen LogP contribution < -0.4 is 63.4 Å². The molecule has 3 aromatic carbocycles. The largest absolute Gasteiger partial charge is 0.524 e. The maximum atomic E-state index is 15.0. The number of hydrogen-bond acceptors (Lipinski definition) is 20. The van der Waals surface area contributed by atoms with Crippen LogP contribution in [0.25, 0.3) is 11.0 Å². The first-order valence-electron chi connectivity index (χ1n) is 36.0. The van der Waals surface area contributed by atoms with Crippen LogP contribution in [-0.2, 0) is 97.6 Å². The summed E-state index contributed by atoms with van der Waals surface area (Å²) in [4.78, 5) is 200. The summed E-state index contributed by atoms with van der Waals surface area (Å²) >= 11 is 2.75. The van der Waals surface area contributed by atoms with E-state index >= 15 is 4.79 Å². The van der Waals surface area contributed by atoms with E-state index in [1.807, 2.05) is 24.3 Å². The number of nitrogens with zero attached hydrogens (tertiary/aromatic N) is 2. The van der Waals surface area contributed by atoms with Gasteiger partial charge in [-0.25, -0.2) is 9.55 Å². The molecule has 3 aliphatic rings. The van der Waals surface area contributed by atoms with Gasteiger partial charge in [0.15, 0.2) is 0 Å². The van der Waals surface area contributed by atoms with Crippen molar-refractivity contribution in [2.75, 3.05) is 18.1 Å². The van der Waals surface area contributed by atoms with Crippen molar-refractivity contribution < 1.29 is 91.4 Å². The van der Waals surface area contributed by atoms with Crippen LogP contribution in [0.1, 0.15) is 123 Å². The number of carbonyl (C=O) groups is 12. The van der Waals surface area contributed by atoms with Gasteiger partial charge in [-0.15, -0.1) is 0 Å². The maximum absolute atomic E-state index is 15.0. The summed E-state index contributed by atoms with van der Waals surface area (Å²) in [5.74, 6) is -9.30. The number of phosphoric acid groups is 1. The number of primary amides is 1. The SMILES string of the molecule is CC1O[C@@H](C)[C@@H]2NC(=O)[C@@]1(C)NC(=O)[C@H](CCc1ccc(OP(=O)(O)O)cc1)NC(=O)[C@H](C)NC(=O)C(C)(C)NC(=O)[C@H](Cc1c[nH]c3ncccc13)NC(=O)[C@H]([C@@H](C)O)NC(=O)[C@@H]1CCCN1C(=O)[C@H](Cc1ccc(O)cc1)NC(=O)[C@H](C(C)(C)C)NC(=O)CCSCc1cccc(c1)CSC[C@@H](C(N)=O)NC2=O. The number of nitrogens with two attached hydrogens (primary N) is 1. The number of ether oxygens (including phenoxy) is 1. The highest BCUT2D eigenvalue weighted by molar-refractivity contribution is 7.98. The molecule has 33 nitrogen and oxygen atoms in total. The number of aliphatic hydroxyl groups excluding tert-OH is 1. The van der Waals surface area contributed by atoms with Crippen LogP contribution in [0.2, 0.25) is 0 Å². The van der Waals surface area contributed by atoms with Crippen LogP contribution in [0.3, 0.4) is 0 Å². The first kappa shape index (κ1) is 86.0. The average molecular weight is 1580 g/mol. The minimum atomic E-state index is -4.94. The van der Waals surface area contributed by atoms with E-state index in [1.54, 1.807) is 51.2 Å². The van der Waals surface area contributed by atoms with Crippen LogP contribution in [0, 0.1) is 5.41 Å². The normalized spacial score (nSPS) is 26.6. The number of phosphoric ester groups is 1. The molecule has 0 spiro atoms. The van der Waals surface area contributed by atoms with Crippen LogP contribution in [0.5, 0.6) is 11.5 Å². The molecule has 3 aliphatic heterocycles. The third-order valence-electron chi connectivity index (χ3n) is 19.2. The molecule has 13 atom stereocenters. The Morgan fingerprint density at radius 1 is 0.727 bits per heavy atom. The first-order valence-corrected chi connectivity index (χ1v) is 39.8. The molecule has 110 heavy (non-hydrogen) atoms. The molecule has 2 saturated heterocycles. The predicted molar refractivity (Wildman–Crippen MR) is 407 cm³/mol. The van der Waals surface area contributed by atoms with Crippen molar-refractivity contribution >= 4 is 113 Å². The number of aromatic amines is 1. The van der Waals surface area contributed by atoms with E-state index in [1.165, 1.54) is 119 Å². The number of aryl methyl sites for hydroxylation is 1. The van der Waals surface area contributed by atoms with Crippen LogP contribution in [0.15, 0.2) is 97.3 Å². The number of amides is 12. The Bertz CT molecular complexity index is 4250. The number of fused-ring (bicyclic) bond motifs is 7. The van der Waals surface area contributed by atoms with Crippen molar-refractivity contribution in [3.63, 3.8) is 0 Å². The number of phenolic OH excluding ortho intramolecular Hbond substituents is 1. The number of aromatic nitrogens is 2. The second-order valence-electron chi connectivity index (χ2n) is 29.6. The molecular weight excluding hydrogens is 1480 g/mol. The number of pyridine rings is 1. The second-order valence-corrected chi connectivity index (χ2v) is 32.9. The van der Waals surface area contributed by atoms with Crippen LogP contribution in [-0.4, -0.2) is 208 Å². The number of thioether (sulfide) groups is 2. The van der Waals surface area contributed by atoms with Crippen molar-refractivity contribution in [1.29, 1.82) is 0 Å². The molecule has 12 amide bonds. The van der Waals surface area contributed by atoms with E-state index in [9.17, 15) is 77.3 Å². The number of H-pyrrole nitrogens is 1. The summed E-state index contributed by atoms with van der Waals surface area (Å²) in [6, 6.07) is 9.40. The number of benzene rings is 3. The lowest BCUT2D eigenvalue weighted by molar-refractivity contribution is -0.143. The van der Waals surface area contributed by atoms with Gasteiger partial charge in [0.05, 0.1) is 18.3 Å². The molecule has 36 heteroatoms. The van der Waals surface area contributed by atoms with Crippen molar-refractivity contribution in [3.05, 3.63) is 125 Å². The van der Waals surface area contributed by atoms with E-state index in [0.29, 0.717) is 51.4 Å². The van der Waals surface area contributed by atoms with Gasteiger partial charge in [0.2, 0.25) is 70.9 Å². The fraction of sp³-hybridized carbons (Fsp3) is 0.500. The highest BCUT2D eigenvalue weighted by Crippen LogP contribution is 2.38. The first-order chi connectivity index (χ1) is 51.7. The molecule has 8 rings (SSSR count). The summed E-state index contributed by atoms with van der Waals surface area (Å²) in [5, 5.41) is 48.8. The Labute approximate surface area is 644 Å². The van der Waals surface area contributed by atoms with Gasteiger partial charge in [0.1, 0.15) is 82.6 Å².